The molecule has 3 rings (SSSR count). The second kappa shape index (κ2) is 10.7. The minimum absolute atomic E-state index is 0.0927. The van der Waals surface area contributed by atoms with Gasteiger partial charge in [-0.3, -0.25) is 19.7 Å². The first-order valence-corrected chi connectivity index (χ1v) is 10.1. The maximum atomic E-state index is 12.2. The van der Waals surface area contributed by atoms with E-state index in [0.717, 1.165) is 0 Å². The fourth-order valence-corrected chi connectivity index (χ4v) is 3.17. The van der Waals surface area contributed by atoms with Crippen molar-refractivity contribution in [3.05, 3.63) is 78.3 Å². The van der Waals surface area contributed by atoms with Gasteiger partial charge in [-0.15, -0.1) is 0 Å². The van der Waals surface area contributed by atoms with Gasteiger partial charge in [0.2, 0.25) is 0 Å². The molecule has 2 aromatic carbocycles. The summed E-state index contributed by atoms with van der Waals surface area (Å²) in [6.07, 6.45) is 2.86. The van der Waals surface area contributed by atoms with E-state index in [0.29, 0.717) is 22.0 Å². The molecule has 3 N–H and O–H groups in total. The summed E-state index contributed by atoms with van der Waals surface area (Å²) in [4.78, 5) is 39.4. The van der Waals surface area contributed by atoms with Crippen LogP contribution in [-0.2, 0) is 4.79 Å². The van der Waals surface area contributed by atoms with Crippen LogP contribution >= 0.6 is 23.2 Å². The van der Waals surface area contributed by atoms with E-state index >= 15 is 0 Å². The highest BCUT2D eigenvalue weighted by molar-refractivity contribution is 6.36. The van der Waals surface area contributed by atoms with Crippen LogP contribution in [0, 0.1) is 10.1 Å². The average molecular weight is 507 g/mol. The second-order valence-electron chi connectivity index (χ2n) is 6.59. The number of aromatic nitrogens is 2. The smallest absolute Gasteiger partial charge is 0.395 e. The van der Waals surface area contributed by atoms with Crippen molar-refractivity contribution in [2.75, 3.05) is 19.0 Å². The number of amides is 1. The summed E-state index contributed by atoms with van der Waals surface area (Å²) >= 11 is 11.9. The largest absolute Gasteiger partial charge is 0.493 e. The molecule has 13 heteroatoms. The quantitative estimate of drug-likeness (QED) is 0.306. The molecule has 11 nitrogen and oxygen atoms in total. The number of hydrogen-bond acceptors (Lipinski definition) is 8. The summed E-state index contributed by atoms with van der Waals surface area (Å²) in [5.74, 6) is -0.940. The number of aromatic amines is 1. The number of nitro groups is 1. The van der Waals surface area contributed by atoms with Crippen molar-refractivity contribution in [2.24, 2.45) is 0 Å². The van der Waals surface area contributed by atoms with Gasteiger partial charge in [-0.1, -0.05) is 35.3 Å². The van der Waals surface area contributed by atoms with Crippen LogP contribution in [0.15, 0.2) is 41.2 Å². The summed E-state index contributed by atoms with van der Waals surface area (Å²) < 4.78 is 10.8. The Balaban J connectivity index is 1.69. The average Bonchev–Trinajstić information content (AvgIpc) is 2.77. The van der Waals surface area contributed by atoms with Gasteiger partial charge in [0.05, 0.1) is 22.7 Å². The first-order valence-electron chi connectivity index (χ1n) is 9.39. The second-order valence-corrected chi connectivity index (χ2v) is 7.43. The van der Waals surface area contributed by atoms with Crippen LogP contribution < -0.4 is 20.3 Å². The number of methoxy groups -OCH3 is 1. The van der Waals surface area contributed by atoms with Crippen LogP contribution in [0.4, 0.5) is 11.4 Å². The zero-order valence-electron chi connectivity index (χ0n) is 17.4. The molecule has 1 heterocycles. The monoisotopic (exact) mass is 506 g/mol. The molecule has 0 bridgehead atoms. The Labute approximate surface area is 201 Å². The fourth-order valence-electron chi connectivity index (χ4n) is 2.72. The van der Waals surface area contributed by atoms with Crippen molar-refractivity contribution in [3.8, 4) is 17.4 Å². The van der Waals surface area contributed by atoms with Crippen LogP contribution in [-0.4, -0.2) is 39.6 Å². The molecule has 0 saturated carbocycles. The number of aromatic hydroxyl groups is 1. The Morgan fingerprint density at radius 1 is 1.24 bits per heavy atom. The first-order chi connectivity index (χ1) is 16.2. The van der Waals surface area contributed by atoms with Crippen molar-refractivity contribution in [2.45, 2.75) is 0 Å². The molecule has 0 spiro atoms. The highest BCUT2D eigenvalue weighted by Crippen LogP contribution is 2.29. The van der Waals surface area contributed by atoms with Gasteiger partial charge in [0.15, 0.2) is 18.1 Å². The molecule has 0 radical (unpaired) electrons. The van der Waals surface area contributed by atoms with E-state index in [4.69, 9.17) is 32.7 Å². The third-order valence-corrected chi connectivity index (χ3v) is 4.81. The van der Waals surface area contributed by atoms with E-state index in [9.17, 15) is 24.8 Å². The molecule has 0 aliphatic heterocycles. The predicted molar refractivity (Wildman–Crippen MR) is 126 cm³/mol. The van der Waals surface area contributed by atoms with E-state index in [-0.39, 0.29) is 23.2 Å². The molecule has 0 fully saturated rings. The molecule has 176 valence electrons. The molecular weight excluding hydrogens is 491 g/mol. The molecule has 34 heavy (non-hydrogen) atoms. The SMILES string of the molecule is COc1cc(/C=C/c2nc(O)c([N+](=O)[O-])c(=O)[nH]2)ccc1OCC(=O)Nc1ccc(Cl)cc1Cl. The number of benzene rings is 2. The molecule has 1 amide bonds. The Bertz CT molecular complexity index is 1340. The topological polar surface area (TPSA) is 157 Å². The third-order valence-electron chi connectivity index (χ3n) is 4.26. The molecule has 0 aliphatic carbocycles. The molecule has 0 atom stereocenters. The Morgan fingerprint density at radius 3 is 2.65 bits per heavy atom. The number of halogens is 2. The summed E-state index contributed by atoms with van der Waals surface area (Å²) in [7, 11) is 1.41. The van der Waals surface area contributed by atoms with Crippen molar-refractivity contribution in [1.82, 2.24) is 9.97 Å². The third kappa shape index (κ3) is 6.03. The zero-order valence-corrected chi connectivity index (χ0v) is 18.9. The van der Waals surface area contributed by atoms with Gasteiger partial charge in [0.25, 0.3) is 11.8 Å². The van der Waals surface area contributed by atoms with Crippen LogP contribution in [0.2, 0.25) is 10.0 Å². The summed E-state index contributed by atoms with van der Waals surface area (Å²) in [5, 5.41) is 23.7. The van der Waals surface area contributed by atoms with E-state index in [2.05, 4.69) is 15.3 Å². The Kier molecular flexibility index (Phi) is 7.71. The zero-order chi connectivity index (χ0) is 24.8. The van der Waals surface area contributed by atoms with Gasteiger partial charge in [0.1, 0.15) is 5.82 Å². The van der Waals surface area contributed by atoms with E-state index in [1.165, 1.54) is 25.3 Å². The lowest BCUT2D eigenvalue weighted by molar-refractivity contribution is -0.387. The lowest BCUT2D eigenvalue weighted by Gasteiger charge is -2.12. The van der Waals surface area contributed by atoms with E-state index in [1.807, 2.05) is 0 Å². The van der Waals surface area contributed by atoms with E-state index < -0.39 is 28.0 Å². The number of carbonyl (C=O) groups excluding carboxylic acids is 1. The normalized spacial score (nSPS) is 10.8. The lowest BCUT2D eigenvalue weighted by Crippen LogP contribution is -2.20. The number of anilines is 1. The number of hydrogen-bond donors (Lipinski definition) is 3. The molecule has 0 unspecified atom stereocenters. The Hall–Kier alpha value is -4.09. The van der Waals surface area contributed by atoms with Crippen LogP contribution in [0.5, 0.6) is 17.4 Å². The minimum atomic E-state index is -1.09. The van der Waals surface area contributed by atoms with Crippen LogP contribution in [0.1, 0.15) is 11.4 Å². The highest BCUT2D eigenvalue weighted by Gasteiger charge is 2.21. The number of carbonyl (C=O) groups is 1. The summed E-state index contributed by atoms with van der Waals surface area (Å²) in [6, 6.07) is 9.43. The first kappa shape index (κ1) is 24.6. The molecule has 0 saturated heterocycles. The van der Waals surface area contributed by atoms with Gasteiger partial charge in [-0.25, -0.2) is 0 Å². The number of ether oxygens (including phenoxy) is 2. The number of rotatable bonds is 8. The molecule has 1 aromatic heterocycles. The van der Waals surface area contributed by atoms with Gasteiger partial charge >= 0.3 is 11.2 Å². The van der Waals surface area contributed by atoms with Crippen LogP contribution in [0.3, 0.4) is 0 Å². The molecular formula is C21H16Cl2N4O7. The number of nitrogens with zero attached hydrogens (tertiary/aromatic N) is 2. The number of H-pyrrole nitrogens is 1. The molecule has 3 aromatic rings. The standard InChI is InChI=1S/C21H16Cl2N4O7/c1-33-16-8-11(3-7-17-25-20(29)19(27(31)32)21(30)26-17)2-6-15(16)34-10-18(28)24-14-5-4-12(22)9-13(14)23/h2-9H,10H2,1H3,(H,24,28)(H2,25,26,29,30)/b7-3+. The van der Waals surface area contributed by atoms with Crippen molar-refractivity contribution in [1.29, 1.82) is 0 Å². The van der Waals surface area contributed by atoms with Crippen molar-refractivity contribution < 1.29 is 24.3 Å². The van der Waals surface area contributed by atoms with Crippen molar-refractivity contribution >= 4 is 52.6 Å². The van der Waals surface area contributed by atoms with Gasteiger partial charge in [-0.2, -0.15) is 4.98 Å². The Morgan fingerprint density at radius 2 is 2.00 bits per heavy atom. The van der Waals surface area contributed by atoms with Gasteiger partial charge in [0, 0.05) is 5.02 Å². The number of nitrogens with one attached hydrogen (secondary N) is 2. The minimum Gasteiger partial charge on any atom is -0.493 e. The van der Waals surface area contributed by atoms with Crippen molar-refractivity contribution in [3.63, 3.8) is 0 Å². The van der Waals surface area contributed by atoms with Gasteiger partial charge < -0.3 is 24.9 Å². The fraction of sp³-hybridized carbons (Fsp3) is 0.0952. The van der Waals surface area contributed by atoms with E-state index in [1.54, 1.807) is 30.3 Å². The highest BCUT2D eigenvalue weighted by atomic mass is 35.5. The van der Waals surface area contributed by atoms with Crippen LogP contribution in [0.25, 0.3) is 12.2 Å². The maximum absolute atomic E-state index is 12.2. The molecule has 0 aliphatic rings. The summed E-state index contributed by atoms with van der Waals surface area (Å²) in [5.41, 5.74) is -1.16. The van der Waals surface area contributed by atoms with Gasteiger partial charge in [-0.05, 0) is 42.0 Å². The lowest BCUT2D eigenvalue weighted by atomic mass is 10.2. The maximum Gasteiger partial charge on any atom is 0.395 e. The summed E-state index contributed by atoms with van der Waals surface area (Å²) in [6.45, 7) is -0.322. The predicted octanol–water partition coefficient (Wildman–Crippen LogP) is 3.89.